The summed E-state index contributed by atoms with van der Waals surface area (Å²) >= 11 is 0. The molecular weight excluding hydrogens is 266 g/mol. The molecule has 2 N–H and O–H groups in total. The van der Waals surface area contributed by atoms with Gasteiger partial charge in [0.1, 0.15) is 6.61 Å². The summed E-state index contributed by atoms with van der Waals surface area (Å²) in [6.45, 7) is 1.23. The van der Waals surface area contributed by atoms with E-state index in [4.69, 9.17) is 14.6 Å². The molecule has 0 bridgehead atoms. The highest BCUT2D eigenvalue weighted by Crippen LogP contribution is 2.31. The standard InChI is InChI=1S/C17H21NO3/c1-18-10-15-4-3-5-16(20-2)17(15)21-12-14-8-6-13(11-19)7-9-14/h3-9,18-19H,10-12H2,1-2H3. The maximum absolute atomic E-state index is 9.05. The smallest absolute Gasteiger partial charge is 0.166 e. The van der Waals surface area contributed by atoms with Crippen LogP contribution in [-0.4, -0.2) is 19.3 Å². The summed E-state index contributed by atoms with van der Waals surface area (Å²) < 4.78 is 11.3. The van der Waals surface area contributed by atoms with Gasteiger partial charge in [0.2, 0.25) is 0 Å². The summed E-state index contributed by atoms with van der Waals surface area (Å²) in [4.78, 5) is 0. The molecule has 0 aliphatic rings. The average molecular weight is 287 g/mol. The summed E-state index contributed by atoms with van der Waals surface area (Å²) in [5.41, 5.74) is 3.00. The van der Waals surface area contributed by atoms with E-state index in [1.54, 1.807) is 7.11 Å². The Kier molecular flexibility index (Phi) is 5.60. The van der Waals surface area contributed by atoms with E-state index in [1.165, 1.54) is 0 Å². The molecule has 2 rings (SSSR count). The molecular formula is C17H21NO3. The molecule has 0 radical (unpaired) electrons. The van der Waals surface area contributed by atoms with Gasteiger partial charge in [-0.25, -0.2) is 0 Å². The van der Waals surface area contributed by atoms with Gasteiger partial charge in [-0.2, -0.15) is 0 Å². The van der Waals surface area contributed by atoms with Crippen molar-refractivity contribution >= 4 is 0 Å². The zero-order chi connectivity index (χ0) is 15.1. The lowest BCUT2D eigenvalue weighted by molar-refractivity contribution is 0.278. The lowest BCUT2D eigenvalue weighted by Crippen LogP contribution is -2.08. The highest BCUT2D eigenvalue weighted by molar-refractivity contribution is 5.46. The molecule has 0 heterocycles. The van der Waals surface area contributed by atoms with Crippen molar-refractivity contribution < 1.29 is 14.6 Å². The number of benzene rings is 2. The van der Waals surface area contributed by atoms with Crippen LogP contribution in [-0.2, 0) is 19.8 Å². The van der Waals surface area contributed by atoms with E-state index in [-0.39, 0.29) is 6.61 Å². The van der Waals surface area contributed by atoms with E-state index in [2.05, 4.69) is 5.32 Å². The zero-order valence-corrected chi connectivity index (χ0v) is 12.4. The highest BCUT2D eigenvalue weighted by Gasteiger charge is 2.10. The van der Waals surface area contributed by atoms with Crippen LogP contribution < -0.4 is 14.8 Å². The van der Waals surface area contributed by atoms with E-state index < -0.39 is 0 Å². The number of para-hydroxylation sites is 1. The van der Waals surface area contributed by atoms with Gasteiger partial charge < -0.3 is 19.9 Å². The average Bonchev–Trinajstić information content (AvgIpc) is 2.54. The van der Waals surface area contributed by atoms with Gasteiger partial charge in [0.05, 0.1) is 13.7 Å². The molecule has 0 aliphatic heterocycles. The SMILES string of the molecule is CNCc1cccc(OC)c1OCc1ccc(CO)cc1. The molecule has 112 valence electrons. The first-order valence-electron chi connectivity index (χ1n) is 6.90. The fourth-order valence-electron chi connectivity index (χ4n) is 2.11. The first-order chi connectivity index (χ1) is 10.3. The van der Waals surface area contributed by atoms with Crippen LogP contribution in [0, 0.1) is 0 Å². The second-order valence-corrected chi connectivity index (χ2v) is 4.74. The molecule has 0 unspecified atom stereocenters. The fraction of sp³-hybridized carbons (Fsp3) is 0.294. The van der Waals surface area contributed by atoms with Crippen LogP contribution in [0.2, 0.25) is 0 Å². The maximum atomic E-state index is 9.05. The number of aliphatic hydroxyl groups excluding tert-OH is 1. The number of ether oxygens (including phenoxy) is 2. The second-order valence-electron chi connectivity index (χ2n) is 4.74. The molecule has 4 nitrogen and oxygen atoms in total. The van der Waals surface area contributed by atoms with Crippen LogP contribution >= 0.6 is 0 Å². The van der Waals surface area contributed by atoms with Crippen molar-refractivity contribution in [1.29, 1.82) is 0 Å². The van der Waals surface area contributed by atoms with Gasteiger partial charge >= 0.3 is 0 Å². The third-order valence-corrected chi connectivity index (χ3v) is 3.24. The minimum Gasteiger partial charge on any atom is -0.493 e. The molecule has 0 fully saturated rings. The van der Waals surface area contributed by atoms with Crippen LogP contribution in [0.1, 0.15) is 16.7 Å². The topological polar surface area (TPSA) is 50.7 Å². The van der Waals surface area contributed by atoms with Crippen molar-refractivity contribution in [1.82, 2.24) is 5.32 Å². The van der Waals surface area contributed by atoms with Gasteiger partial charge in [-0.15, -0.1) is 0 Å². The lowest BCUT2D eigenvalue weighted by atomic mass is 10.1. The van der Waals surface area contributed by atoms with Gasteiger partial charge in [-0.3, -0.25) is 0 Å². The molecule has 0 atom stereocenters. The minimum absolute atomic E-state index is 0.0555. The number of nitrogens with one attached hydrogen (secondary N) is 1. The van der Waals surface area contributed by atoms with E-state index >= 15 is 0 Å². The van der Waals surface area contributed by atoms with Crippen LogP contribution in [0.15, 0.2) is 42.5 Å². The van der Waals surface area contributed by atoms with Gasteiger partial charge in [-0.1, -0.05) is 36.4 Å². The molecule has 0 aromatic heterocycles. The van der Waals surface area contributed by atoms with Crippen molar-refractivity contribution in [2.24, 2.45) is 0 Å². The van der Waals surface area contributed by atoms with Crippen molar-refractivity contribution in [3.63, 3.8) is 0 Å². The van der Waals surface area contributed by atoms with E-state index in [0.717, 1.165) is 34.7 Å². The normalized spacial score (nSPS) is 10.4. The van der Waals surface area contributed by atoms with Crippen molar-refractivity contribution in [2.45, 2.75) is 19.8 Å². The predicted molar refractivity (Wildman–Crippen MR) is 82.5 cm³/mol. The number of aliphatic hydroxyl groups is 1. The summed E-state index contributed by atoms with van der Waals surface area (Å²) in [6.07, 6.45) is 0. The quantitative estimate of drug-likeness (QED) is 0.821. The molecule has 0 saturated heterocycles. The van der Waals surface area contributed by atoms with E-state index in [0.29, 0.717) is 6.61 Å². The van der Waals surface area contributed by atoms with Crippen molar-refractivity contribution in [3.05, 3.63) is 59.2 Å². The monoisotopic (exact) mass is 287 g/mol. The molecule has 4 heteroatoms. The van der Waals surface area contributed by atoms with Crippen LogP contribution in [0.25, 0.3) is 0 Å². The Balaban J connectivity index is 2.13. The minimum atomic E-state index is 0.0555. The Hall–Kier alpha value is -2.04. The van der Waals surface area contributed by atoms with Gasteiger partial charge in [-0.05, 0) is 24.2 Å². The van der Waals surface area contributed by atoms with Gasteiger partial charge in [0.25, 0.3) is 0 Å². The number of rotatable bonds is 7. The van der Waals surface area contributed by atoms with E-state index in [9.17, 15) is 0 Å². The van der Waals surface area contributed by atoms with Crippen LogP contribution in [0.5, 0.6) is 11.5 Å². The Labute approximate surface area is 125 Å². The predicted octanol–water partition coefficient (Wildman–Crippen LogP) is 2.49. The Morgan fingerprint density at radius 1 is 1.05 bits per heavy atom. The maximum Gasteiger partial charge on any atom is 0.166 e. The Morgan fingerprint density at radius 3 is 2.38 bits per heavy atom. The number of hydrogen-bond acceptors (Lipinski definition) is 4. The molecule has 21 heavy (non-hydrogen) atoms. The second kappa shape index (κ2) is 7.67. The number of methoxy groups -OCH3 is 1. The largest absolute Gasteiger partial charge is 0.493 e. The highest BCUT2D eigenvalue weighted by atomic mass is 16.5. The molecule has 0 saturated carbocycles. The third-order valence-electron chi connectivity index (χ3n) is 3.24. The van der Waals surface area contributed by atoms with E-state index in [1.807, 2.05) is 49.5 Å². The Bertz CT molecular complexity index is 567. The summed E-state index contributed by atoms with van der Waals surface area (Å²) in [7, 11) is 3.54. The number of hydrogen-bond donors (Lipinski definition) is 2. The molecule has 2 aromatic carbocycles. The summed E-state index contributed by atoms with van der Waals surface area (Å²) in [5.74, 6) is 1.50. The van der Waals surface area contributed by atoms with Crippen molar-refractivity contribution in [3.8, 4) is 11.5 Å². The summed E-state index contributed by atoms with van der Waals surface area (Å²) in [5, 5.41) is 12.2. The zero-order valence-electron chi connectivity index (χ0n) is 12.4. The van der Waals surface area contributed by atoms with Gasteiger partial charge in [0, 0.05) is 12.1 Å². The Morgan fingerprint density at radius 2 is 1.76 bits per heavy atom. The third kappa shape index (κ3) is 3.97. The lowest BCUT2D eigenvalue weighted by Gasteiger charge is -2.15. The molecule has 0 amide bonds. The molecule has 0 aliphatic carbocycles. The molecule has 2 aromatic rings. The van der Waals surface area contributed by atoms with Gasteiger partial charge in [0.15, 0.2) is 11.5 Å². The van der Waals surface area contributed by atoms with Crippen molar-refractivity contribution in [2.75, 3.05) is 14.2 Å². The molecule has 0 spiro atoms. The van der Waals surface area contributed by atoms with Crippen LogP contribution in [0.4, 0.5) is 0 Å². The van der Waals surface area contributed by atoms with Crippen LogP contribution in [0.3, 0.4) is 0 Å². The fourth-order valence-corrected chi connectivity index (χ4v) is 2.11. The first kappa shape index (κ1) is 15.4. The summed E-state index contributed by atoms with van der Waals surface area (Å²) in [6, 6.07) is 13.6. The first-order valence-corrected chi connectivity index (χ1v) is 6.90.